The van der Waals surface area contributed by atoms with Crippen molar-refractivity contribution in [1.82, 2.24) is 0 Å². The van der Waals surface area contributed by atoms with E-state index in [4.69, 9.17) is 11.6 Å². The molecule has 2 aromatic rings. The molecular weight excluding hydrogens is 335 g/mol. The molecule has 0 atom stereocenters. The lowest BCUT2D eigenvalue weighted by atomic mass is 10.3. The highest BCUT2D eigenvalue weighted by Gasteiger charge is 2.05. The van der Waals surface area contributed by atoms with Crippen LogP contribution in [0, 0.1) is 5.82 Å². The summed E-state index contributed by atoms with van der Waals surface area (Å²) in [7, 11) is 0. The number of benzene rings is 2. The maximum atomic E-state index is 13.0. The molecule has 2 rings (SSSR count). The van der Waals surface area contributed by atoms with Gasteiger partial charge in [0, 0.05) is 15.8 Å². The van der Waals surface area contributed by atoms with E-state index in [1.165, 1.54) is 18.2 Å². The molecule has 19 heavy (non-hydrogen) atoms. The minimum atomic E-state index is -0.527. The van der Waals surface area contributed by atoms with Gasteiger partial charge < -0.3 is 10.6 Å². The Bertz CT molecular complexity index is 604. The van der Waals surface area contributed by atoms with Gasteiger partial charge in [-0.3, -0.25) is 0 Å². The molecule has 0 bridgehead atoms. The van der Waals surface area contributed by atoms with Crippen LogP contribution in [0.15, 0.2) is 46.9 Å². The molecule has 3 nitrogen and oxygen atoms in total. The Balaban J connectivity index is 2.01. The van der Waals surface area contributed by atoms with Gasteiger partial charge in [-0.05, 0) is 42.5 Å². The predicted octanol–water partition coefficient (Wildman–Crippen LogP) is 4.89. The molecule has 0 aliphatic heterocycles. The van der Waals surface area contributed by atoms with Gasteiger partial charge >= 0.3 is 6.03 Å². The second-order valence-corrected chi connectivity index (χ2v) is 5.04. The molecule has 6 heteroatoms. The average Bonchev–Trinajstić information content (AvgIpc) is 2.37. The highest BCUT2D eigenvalue weighted by atomic mass is 79.9. The molecule has 0 fully saturated rings. The third-order valence-corrected chi connectivity index (χ3v) is 3.10. The van der Waals surface area contributed by atoms with E-state index in [0.29, 0.717) is 11.4 Å². The van der Waals surface area contributed by atoms with E-state index in [2.05, 4.69) is 26.6 Å². The van der Waals surface area contributed by atoms with E-state index < -0.39 is 11.8 Å². The van der Waals surface area contributed by atoms with Crippen LogP contribution in [0.3, 0.4) is 0 Å². The molecule has 2 amide bonds. The summed E-state index contributed by atoms with van der Waals surface area (Å²) in [6.45, 7) is 0. The molecule has 0 radical (unpaired) electrons. The fourth-order valence-corrected chi connectivity index (χ4v) is 1.85. The van der Waals surface area contributed by atoms with Crippen molar-refractivity contribution in [2.75, 3.05) is 10.6 Å². The molecule has 0 spiro atoms. The highest BCUT2D eigenvalue weighted by Crippen LogP contribution is 2.20. The minimum absolute atomic E-state index is 0.0403. The standard InChI is InChI=1S/C13H9BrClFN2O/c14-8-1-3-9(4-2-8)17-13(19)18-10-5-6-12(16)11(15)7-10/h1-7H,(H2,17,18,19). The number of carbonyl (C=O) groups is 1. The Labute approximate surface area is 122 Å². The Morgan fingerprint density at radius 3 is 2.26 bits per heavy atom. The molecule has 0 saturated carbocycles. The van der Waals surface area contributed by atoms with Gasteiger partial charge in [0.1, 0.15) is 5.82 Å². The summed E-state index contributed by atoms with van der Waals surface area (Å²) in [5, 5.41) is 5.16. The lowest BCUT2D eigenvalue weighted by molar-refractivity contribution is 0.262. The van der Waals surface area contributed by atoms with Crippen molar-refractivity contribution in [3.63, 3.8) is 0 Å². The van der Waals surface area contributed by atoms with Crippen molar-refractivity contribution >= 4 is 44.9 Å². The average molecular weight is 344 g/mol. The summed E-state index contributed by atoms with van der Waals surface area (Å²) in [6, 6.07) is 10.7. The summed E-state index contributed by atoms with van der Waals surface area (Å²) in [5.41, 5.74) is 1.06. The molecule has 98 valence electrons. The number of anilines is 2. The van der Waals surface area contributed by atoms with Crippen LogP contribution in [0.1, 0.15) is 0 Å². The first-order valence-electron chi connectivity index (χ1n) is 5.33. The number of amides is 2. The van der Waals surface area contributed by atoms with Crippen molar-refractivity contribution in [2.45, 2.75) is 0 Å². The number of hydrogen-bond acceptors (Lipinski definition) is 1. The molecule has 0 unspecified atom stereocenters. The summed E-state index contributed by atoms with van der Waals surface area (Å²) in [5.74, 6) is -0.527. The van der Waals surface area contributed by atoms with Crippen LogP contribution in [-0.4, -0.2) is 6.03 Å². The lowest BCUT2D eigenvalue weighted by Crippen LogP contribution is -2.19. The van der Waals surface area contributed by atoms with E-state index in [1.807, 2.05) is 12.1 Å². The van der Waals surface area contributed by atoms with E-state index in [1.54, 1.807) is 12.1 Å². The zero-order chi connectivity index (χ0) is 13.8. The van der Waals surface area contributed by atoms with Gasteiger partial charge in [-0.15, -0.1) is 0 Å². The van der Waals surface area contributed by atoms with Crippen LogP contribution in [-0.2, 0) is 0 Å². The Kier molecular flexibility index (Phi) is 4.39. The fraction of sp³-hybridized carbons (Fsp3) is 0. The Hall–Kier alpha value is -1.59. The largest absolute Gasteiger partial charge is 0.323 e. The second-order valence-electron chi connectivity index (χ2n) is 3.71. The molecule has 0 aliphatic rings. The van der Waals surface area contributed by atoms with Gasteiger partial charge in [0.25, 0.3) is 0 Å². The smallest absolute Gasteiger partial charge is 0.308 e. The highest BCUT2D eigenvalue weighted by molar-refractivity contribution is 9.10. The monoisotopic (exact) mass is 342 g/mol. The summed E-state index contributed by atoms with van der Waals surface area (Å²) in [4.78, 5) is 11.7. The number of rotatable bonds is 2. The third-order valence-electron chi connectivity index (χ3n) is 2.28. The first-order chi connectivity index (χ1) is 9.04. The Morgan fingerprint density at radius 2 is 1.63 bits per heavy atom. The summed E-state index contributed by atoms with van der Waals surface area (Å²) < 4.78 is 13.9. The normalized spacial score (nSPS) is 10.1. The van der Waals surface area contributed by atoms with E-state index in [-0.39, 0.29) is 5.02 Å². The van der Waals surface area contributed by atoms with Crippen molar-refractivity contribution in [3.8, 4) is 0 Å². The predicted molar refractivity (Wildman–Crippen MR) is 78.2 cm³/mol. The Morgan fingerprint density at radius 1 is 1.05 bits per heavy atom. The number of nitrogens with one attached hydrogen (secondary N) is 2. The maximum absolute atomic E-state index is 13.0. The van der Waals surface area contributed by atoms with Crippen LogP contribution in [0.2, 0.25) is 5.02 Å². The van der Waals surface area contributed by atoms with Crippen molar-refractivity contribution in [2.24, 2.45) is 0 Å². The summed E-state index contributed by atoms with van der Waals surface area (Å²) >= 11 is 8.92. The van der Waals surface area contributed by atoms with Gasteiger partial charge in [-0.2, -0.15) is 0 Å². The lowest BCUT2D eigenvalue weighted by Gasteiger charge is -2.08. The van der Waals surface area contributed by atoms with Gasteiger partial charge in [-0.25, -0.2) is 9.18 Å². The summed E-state index contributed by atoms with van der Waals surface area (Å²) in [6.07, 6.45) is 0. The third kappa shape index (κ3) is 3.94. The van der Waals surface area contributed by atoms with Gasteiger partial charge in [0.15, 0.2) is 0 Å². The van der Waals surface area contributed by atoms with Crippen LogP contribution >= 0.6 is 27.5 Å². The van der Waals surface area contributed by atoms with Crippen LogP contribution in [0.4, 0.5) is 20.6 Å². The molecule has 0 aromatic heterocycles. The SMILES string of the molecule is O=C(Nc1ccc(Br)cc1)Nc1ccc(F)c(Cl)c1. The second kappa shape index (κ2) is 6.04. The minimum Gasteiger partial charge on any atom is -0.308 e. The van der Waals surface area contributed by atoms with E-state index >= 15 is 0 Å². The number of carbonyl (C=O) groups excluding carboxylic acids is 1. The van der Waals surface area contributed by atoms with Gasteiger partial charge in [0.05, 0.1) is 5.02 Å². The van der Waals surface area contributed by atoms with Crippen molar-refractivity contribution < 1.29 is 9.18 Å². The first kappa shape index (κ1) is 13.8. The number of halogens is 3. The van der Waals surface area contributed by atoms with E-state index in [9.17, 15) is 9.18 Å². The van der Waals surface area contributed by atoms with Crippen molar-refractivity contribution in [3.05, 3.63) is 57.8 Å². The van der Waals surface area contributed by atoms with Crippen LogP contribution in [0.5, 0.6) is 0 Å². The zero-order valence-electron chi connectivity index (χ0n) is 9.58. The molecule has 0 heterocycles. The maximum Gasteiger partial charge on any atom is 0.323 e. The number of urea groups is 1. The molecule has 2 N–H and O–H groups in total. The molecular formula is C13H9BrClFN2O. The van der Waals surface area contributed by atoms with E-state index in [0.717, 1.165) is 4.47 Å². The van der Waals surface area contributed by atoms with Gasteiger partial charge in [0.2, 0.25) is 0 Å². The van der Waals surface area contributed by atoms with Crippen LogP contribution in [0.25, 0.3) is 0 Å². The zero-order valence-corrected chi connectivity index (χ0v) is 11.9. The topological polar surface area (TPSA) is 41.1 Å². The molecule has 2 aromatic carbocycles. The van der Waals surface area contributed by atoms with Crippen LogP contribution < -0.4 is 10.6 Å². The number of hydrogen-bond donors (Lipinski definition) is 2. The molecule has 0 saturated heterocycles. The quantitative estimate of drug-likeness (QED) is 0.801. The van der Waals surface area contributed by atoms with Gasteiger partial charge in [-0.1, -0.05) is 27.5 Å². The molecule has 0 aliphatic carbocycles. The first-order valence-corrected chi connectivity index (χ1v) is 6.50. The fourth-order valence-electron chi connectivity index (χ4n) is 1.40. The van der Waals surface area contributed by atoms with Crippen molar-refractivity contribution in [1.29, 1.82) is 0 Å².